The molecule has 0 unspecified atom stereocenters. The van der Waals surface area contributed by atoms with Gasteiger partial charge in [-0.25, -0.2) is 0 Å². The minimum atomic E-state index is -0.251. The Bertz CT molecular complexity index is 700. The van der Waals surface area contributed by atoms with Gasteiger partial charge in [-0.1, -0.05) is 82.3 Å². The molecular formula is C14H6Cl6OS. The predicted molar refractivity (Wildman–Crippen MR) is 97.7 cm³/mol. The molecule has 0 aromatic heterocycles. The third-order valence-corrected chi connectivity index (χ3v) is 6.55. The molecule has 0 saturated heterocycles. The minimum Gasteiger partial charge on any atom is -0.281 e. The van der Waals surface area contributed by atoms with Gasteiger partial charge < -0.3 is 0 Å². The predicted octanol–water partition coefficient (Wildman–Crippen LogP) is 7.62. The third kappa shape index (κ3) is 3.81. The average Bonchev–Trinajstić information content (AvgIpc) is 2.55. The Morgan fingerprint density at radius 2 is 1.27 bits per heavy atom. The van der Waals surface area contributed by atoms with E-state index in [1.54, 1.807) is 24.3 Å². The van der Waals surface area contributed by atoms with Gasteiger partial charge in [-0.05, 0) is 17.3 Å². The van der Waals surface area contributed by atoms with Crippen molar-refractivity contribution in [1.82, 2.24) is 0 Å². The largest absolute Gasteiger partial charge is 0.281 e. The van der Waals surface area contributed by atoms with Gasteiger partial charge in [-0.15, -0.1) is 11.6 Å². The van der Waals surface area contributed by atoms with Crippen LogP contribution in [0.25, 0.3) is 0 Å². The molecule has 2 aromatic rings. The summed E-state index contributed by atoms with van der Waals surface area (Å²) in [5, 5.41) is 0.116. The van der Waals surface area contributed by atoms with Crippen LogP contribution in [0, 0.1) is 0 Å². The fraction of sp³-hybridized carbons (Fsp3) is 0.0714. The molecule has 8 heteroatoms. The molecule has 0 radical (unpaired) electrons. The molecule has 0 aliphatic carbocycles. The number of benzene rings is 2. The van der Waals surface area contributed by atoms with Crippen LogP contribution in [0.2, 0.25) is 25.1 Å². The number of alkyl halides is 1. The van der Waals surface area contributed by atoms with Crippen molar-refractivity contribution in [2.45, 2.75) is 10.8 Å². The van der Waals surface area contributed by atoms with E-state index in [9.17, 15) is 4.79 Å². The molecule has 1 nitrogen and oxygen atoms in total. The quantitative estimate of drug-likeness (QED) is 0.214. The SMILES string of the molecule is O=C(Sc1c(Cl)c(Cl)c(Cl)c(Cl)c1Cl)c1ccc(CCl)cc1. The summed E-state index contributed by atoms with van der Waals surface area (Å²) in [5.41, 5.74) is 1.39. The van der Waals surface area contributed by atoms with Gasteiger partial charge >= 0.3 is 0 Å². The van der Waals surface area contributed by atoms with Crippen LogP contribution in [-0.2, 0) is 5.88 Å². The summed E-state index contributed by atoms with van der Waals surface area (Å²) in [5.74, 6) is 0.377. The lowest BCUT2D eigenvalue weighted by Gasteiger charge is -2.11. The van der Waals surface area contributed by atoms with Gasteiger partial charge in [0.1, 0.15) is 0 Å². The van der Waals surface area contributed by atoms with Crippen molar-refractivity contribution in [3.63, 3.8) is 0 Å². The normalized spacial score (nSPS) is 10.8. The number of carbonyl (C=O) groups excluding carboxylic acids is 1. The summed E-state index contributed by atoms with van der Waals surface area (Å²) in [4.78, 5) is 12.6. The first-order valence-corrected chi connectivity index (χ1v) is 8.99. The fourth-order valence-corrected chi connectivity index (χ4v) is 4.04. The molecule has 116 valence electrons. The molecule has 0 heterocycles. The highest BCUT2D eigenvalue weighted by Gasteiger charge is 2.22. The number of rotatable bonds is 3. The minimum absolute atomic E-state index is 0.0570. The molecule has 0 fully saturated rings. The summed E-state index contributed by atoms with van der Waals surface area (Å²) in [6.07, 6.45) is 0. The molecule has 0 amide bonds. The van der Waals surface area contributed by atoms with Crippen LogP contribution in [0.5, 0.6) is 0 Å². The number of carbonyl (C=O) groups is 1. The Labute approximate surface area is 161 Å². The molecular weight excluding hydrogens is 429 g/mol. The number of halogens is 6. The van der Waals surface area contributed by atoms with Gasteiger partial charge in [-0.3, -0.25) is 4.79 Å². The van der Waals surface area contributed by atoms with Crippen LogP contribution in [0.1, 0.15) is 15.9 Å². The maximum Gasteiger partial charge on any atom is 0.224 e. The zero-order chi connectivity index (χ0) is 16.4. The monoisotopic (exact) mass is 432 g/mol. The highest BCUT2D eigenvalue weighted by Crippen LogP contribution is 2.48. The van der Waals surface area contributed by atoms with Gasteiger partial charge in [0.2, 0.25) is 5.12 Å². The van der Waals surface area contributed by atoms with E-state index in [0.29, 0.717) is 11.4 Å². The van der Waals surface area contributed by atoms with Crippen LogP contribution in [-0.4, -0.2) is 5.12 Å². The van der Waals surface area contributed by atoms with Crippen LogP contribution in [0.3, 0.4) is 0 Å². The first-order chi connectivity index (χ1) is 10.4. The summed E-state index contributed by atoms with van der Waals surface area (Å²) in [6, 6.07) is 6.89. The van der Waals surface area contributed by atoms with Crippen LogP contribution < -0.4 is 0 Å². The summed E-state index contributed by atoms with van der Waals surface area (Å²) in [7, 11) is 0. The molecule has 0 aliphatic rings. The van der Waals surface area contributed by atoms with Crippen molar-refractivity contribution in [1.29, 1.82) is 0 Å². The van der Waals surface area contributed by atoms with Gasteiger partial charge in [-0.2, -0.15) is 0 Å². The van der Waals surface area contributed by atoms with Crippen LogP contribution in [0.15, 0.2) is 29.2 Å². The fourth-order valence-electron chi connectivity index (χ4n) is 1.56. The Hall–Kier alpha value is 0.200. The molecule has 22 heavy (non-hydrogen) atoms. The Morgan fingerprint density at radius 3 is 1.73 bits per heavy atom. The molecule has 0 saturated carbocycles. The molecule has 0 N–H and O–H groups in total. The van der Waals surface area contributed by atoms with Crippen LogP contribution in [0.4, 0.5) is 0 Å². The molecule has 0 bridgehead atoms. The Balaban J connectivity index is 2.36. The maximum atomic E-state index is 12.3. The Morgan fingerprint density at radius 1 is 0.818 bits per heavy atom. The second-order valence-electron chi connectivity index (χ2n) is 4.12. The second-order valence-corrected chi connectivity index (χ2v) is 7.26. The second kappa shape index (κ2) is 7.85. The topological polar surface area (TPSA) is 17.1 Å². The van der Waals surface area contributed by atoms with Crippen molar-refractivity contribution >= 4 is 86.5 Å². The van der Waals surface area contributed by atoms with E-state index in [-0.39, 0.29) is 35.1 Å². The lowest BCUT2D eigenvalue weighted by molar-refractivity contribution is 0.108. The molecule has 0 atom stereocenters. The van der Waals surface area contributed by atoms with E-state index in [1.165, 1.54) is 0 Å². The van der Waals surface area contributed by atoms with Crippen molar-refractivity contribution in [2.75, 3.05) is 0 Å². The first kappa shape index (κ1) is 18.5. The lowest BCUT2D eigenvalue weighted by atomic mass is 10.2. The van der Waals surface area contributed by atoms with E-state index in [1.807, 2.05) is 0 Å². The van der Waals surface area contributed by atoms with Crippen molar-refractivity contribution in [3.05, 3.63) is 60.5 Å². The van der Waals surface area contributed by atoms with Crippen molar-refractivity contribution < 1.29 is 4.79 Å². The Kier molecular flexibility index (Phi) is 6.61. The standard InChI is InChI=1S/C14H6Cl6OS/c15-5-6-1-3-7(4-2-6)14(21)22-13-11(19)9(17)8(16)10(18)12(13)20/h1-4H,5H2. The molecule has 2 aromatic carbocycles. The zero-order valence-corrected chi connectivity index (χ0v) is 16.0. The smallest absolute Gasteiger partial charge is 0.224 e. The summed E-state index contributed by atoms with van der Waals surface area (Å²) >= 11 is 36.6. The number of hydrogen-bond donors (Lipinski definition) is 0. The summed E-state index contributed by atoms with van der Waals surface area (Å²) in [6.45, 7) is 0. The van der Waals surface area contributed by atoms with Gasteiger partial charge in [0.05, 0.1) is 30.0 Å². The van der Waals surface area contributed by atoms with E-state index in [4.69, 9.17) is 69.6 Å². The maximum absolute atomic E-state index is 12.3. The molecule has 2 rings (SSSR count). The van der Waals surface area contributed by atoms with E-state index in [0.717, 1.165) is 17.3 Å². The van der Waals surface area contributed by atoms with Gasteiger partial charge in [0, 0.05) is 11.4 Å². The van der Waals surface area contributed by atoms with Crippen molar-refractivity contribution in [3.8, 4) is 0 Å². The third-order valence-electron chi connectivity index (χ3n) is 2.71. The van der Waals surface area contributed by atoms with Gasteiger partial charge in [0.15, 0.2) is 0 Å². The lowest BCUT2D eigenvalue weighted by Crippen LogP contribution is -1.95. The van der Waals surface area contributed by atoms with Gasteiger partial charge in [0.25, 0.3) is 0 Å². The van der Waals surface area contributed by atoms with Crippen LogP contribution >= 0.6 is 81.4 Å². The van der Waals surface area contributed by atoms with E-state index in [2.05, 4.69) is 0 Å². The number of thioether (sulfide) groups is 1. The highest BCUT2D eigenvalue weighted by atomic mass is 35.5. The van der Waals surface area contributed by atoms with Crippen molar-refractivity contribution in [2.24, 2.45) is 0 Å². The molecule has 0 aliphatic heterocycles. The number of hydrogen-bond acceptors (Lipinski definition) is 2. The average molecular weight is 435 g/mol. The first-order valence-electron chi connectivity index (χ1n) is 5.75. The zero-order valence-electron chi connectivity index (χ0n) is 10.6. The molecule has 0 spiro atoms. The highest BCUT2D eigenvalue weighted by molar-refractivity contribution is 8.14. The van der Waals surface area contributed by atoms with E-state index >= 15 is 0 Å². The van der Waals surface area contributed by atoms with E-state index < -0.39 is 0 Å². The summed E-state index contributed by atoms with van der Waals surface area (Å²) < 4.78 is 0.